The molecule has 0 N–H and O–H groups in total. The fraction of sp³-hybridized carbons (Fsp3) is 0.300. The molecule has 0 spiro atoms. The summed E-state index contributed by atoms with van der Waals surface area (Å²) in [5.41, 5.74) is -0.226. The third-order valence-corrected chi connectivity index (χ3v) is 1.80. The van der Waals surface area contributed by atoms with E-state index in [-0.39, 0.29) is 12.0 Å². The van der Waals surface area contributed by atoms with Gasteiger partial charge in [-0.2, -0.15) is 8.78 Å². The molecule has 0 unspecified atom stereocenters. The van der Waals surface area contributed by atoms with Crippen LogP contribution in [0.25, 0.3) is 0 Å². The van der Waals surface area contributed by atoms with E-state index in [1.54, 1.807) is 6.92 Å². The van der Waals surface area contributed by atoms with Crippen LogP contribution in [0.5, 0.6) is 5.75 Å². The van der Waals surface area contributed by atoms with Crippen molar-refractivity contribution >= 4 is 5.78 Å². The van der Waals surface area contributed by atoms with E-state index in [1.807, 2.05) is 0 Å². The second-order valence-corrected chi connectivity index (χ2v) is 2.77. The van der Waals surface area contributed by atoms with Crippen LogP contribution in [0.2, 0.25) is 0 Å². The molecule has 1 rings (SSSR count). The molecule has 0 aliphatic carbocycles. The van der Waals surface area contributed by atoms with Gasteiger partial charge in [0, 0.05) is 6.42 Å². The van der Waals surface area contributed by atoms with Gasteiger partial charge >= 0.3 is 6.61 Å². The van der Waals surface area contributed by atoms with E-state index >= 15 is 0 Å². The molecule has 82 valence electrons. The lowest BCUT2D eigenvalue weighted by Gasteiger charge is -2.07. The topological polar surface area (TPSA) is 26.3 Å². The van der Waals surface area contributed by atoms with Crippen molar-refractivity contribution in [2.24, 2.45) is 0 Å². The maximum absolute atomic E-state index is 13.4. The summed E-state index contributed by atoms with van der Waals surface area (Å²) < 4.78 is 41.0. The Labute approximate surface area is 84.7 Å². The number of carbonyl (C=O) groups excluding carboxylic acids is 1. The van der Waals surface area contributed by atoms with Gasteiger partial charge in [-0.3, -0.25) is 4.79 Å². The van der Waals surface area contributed by atoms with Crippen molar-refractivity contribution in [2.75, 3.05) is 0 Å². The van der Waals surface area contributed by atoms with Crippen LogP contribution in [0.1, 0.15) is 23.7 Å². The fourth-order valence-electron chi connectivity index (χ4n) is 1.10. The first-order valence-electron chi connectivity index (χ1n) is 4.32. The number of benzene rings is 1. The number of hydrogen-bond donors (Lipinski definition) is 0. The van der Waals surface area contributed by atoms with Gasteiger partial charge in [0.25, 0.3) is 0 Å². The van der Waals surface area contributed by atoms with Crippen molar-refractivity contribution in [1.82, 2.24) is 0 Å². The second kappa shape index (κ2) is 4.82. The van der Waals surface area contributed by atoms with Gasteiger partial charge in [0.15, 0.2) is 17.3 Å². The zero-order chi connectivity index (χ0) is 11.4. The van der Waals surface area contributed by atoms with E-state index in [9.17, 15) is 18.0 Å². The number of rotatable bonds is 4. The molecule has 0 aromatic heterocycles. The molecular weight excluding hydrogens is 209 g/mol. The zero-order valence-electron chi connectivity index (χ0n) is 7.97. The lowest BCUT2D eigenvalue weighted by molar-refractivity contribution is -0.0522. The highest BCUT2D eigenvalue weighted by Crippen LogP contribution is 2.23. The summed E-state index contributed by atoms with van der Waals surface area (Å²) in [6.07, 6.45) is 0.106. The lowest BCUT2D eigenvalue weighted by atomic mass is 10.1. The molecular formula is C10H9F3O2. The van der Waals surface area contributed by atoms with Crippen molar-refractivity contribution in [3.05, 3.63) is 29.6 Å². The van der Waals surface area contributed by atoms with Gasteiger partial charge in [0.05, 0.1) is 5.56 Å². The highest BCUT2D eigenvalue weighted by molar-refractivity contribution is 5.96. The third kappa shape index (κ3) is 2.71. The van der Waals surface area contributed by atoms with Gasteiger partial charge in [-0.25, -0.2) is 4.39 Å². The monoisotopic (exact) mass is 218 g/mol. The number of ketones is 1. The average Bonchev–Trinajstić information content (AvgIpc) is 2.19. The van der Waals surface area contributed by atoms with Crippen molar-refractivity contribution in [1.29, 1.82) is 0 Å². The maximum Gasteiger partial charge on any atom is 0.387 e. The number of Topliss-reactive ketones (excluding diaryl/α,β-unsaturated/α-hetero) is 1. The Balaban J connectivity index is 3.05. The van der Waals surface area contributed by atoms with Crippen molar-refractivity contribution in [3.8, 4) is 5.75 Å². The first-order chi connectivity index (χ1) is 7.06. The molecule has 15 heavy (non-hydrogen) atoms. The normalized spacial score (nSPS) is 10.5. The summed E-state index contributed by atoms with van der Waals surface area (Å²) in [6.45, 7) is -1.55. The van der Waals surface area contributed by atoms with Crippen LogP contribution in [0.3, 0.4) is 0 Å². The second-order valence-electron chi connectivity index (χ2n) is 2.77. The third-order valence-electron chi connectivity index (χ3n) is 1.80. The van der Waals surface area contributed by atoms with Gasteiger partial charge in [-0.15, -0.1) is 0 Å². The molecule has 0 amide bonds. The van der Waals surface area contributed by atoms with Crippen molar-refractivity contribution in [2.45, 2.75) is 20.0 Å². The highest BCUT2D eigenvalue weighted by Gasteiger charge is 2.16. The van der Waals surface area contributed by atoms with Crippen molar-refractivity contribution in [3.63, 3.8) is 0 Å². The van der Waals surface area contributed by atoms with Crippen LogP contribution >= 0.6 is 0 Å². The van der Waals surface area contributed by atoms with Crippen LogP contribution in [-0.2, 0) is 0 Å². The van der Waals surface area contributed by atoms with Crippen LogP contribution in [-0.4, -0.2) is 12.4 Å². The smallest absolute Gasteiger partial charge is 0.387 e. The molecule has 0 atom stereocenters. The fourth-order valence-corrected chi connectivity index (χ4v) is 1.10. The maximum atomic E-state index is 13.4. The van der Waals surface area contributed by atoms with Crippen LogP contribution < -0.4 is 4.74 Å². The van der Waals surface area contributed by atoms with Gasteiger partial charge in [-0.05, 0) is 12.1 Å². The summed E-state index contributed by atoms with van der Waals surface area (Å²) in [5, 5.41) is 0. The number of carbonyl (C=O) groups is 1. The molecule has 1 aromatic rings. The van der Waals surface area contributed by atoms with E-state index in [2.05, 4.69) is 4.74 Å². The quantitative estimate of drug-likeness (QED) is 0.726. The Morgan fingerprint density at radius 2 is 2.13 bits per heavy atom. The SMILES string of the molecule is CCC(=O)c1cccc(OC(F)F)c1F. The molecule has 0 heterocycles. The Kier molecular flexibility index (Phi) is 3.71. The van der Waals surface area contributed by atoms with Crippen molar-refractivity contribution < 1.29 is 22.7 Å². The molecule has 0 fully saturated rings. The molecule has 0 aliphatic rings. The summed E-state index contributed by atoms with van der Waals surface area (Å²) in [7, 11) is 0. The Morgan fingerprint density at radius 3 is 2.67 bits per heavy atom. The zero-order valence-corrected chi connectivity index (χ0v) is 7.97. The van der Waals surface area contributed by atoms with E-state index in [0.29, 0.717) is 0 Å². The van der Waals surface area contributed by atoms with E-state index in [0.717, 1.165) is 6.07 Å². The molecule has 0 radical (unpaired) electrons. The average molecular weight is 218 g/mol. The number of halogens is 3. The lowest BCUT2D eigenvalue weighted by Crippen LogP contribution is -2.07. The summed E-state index contributed by atoms with van der Waals surface area (Å²) in [5.74, 6) is -2.10. The minimum Gasteiger partial charge on any atom is -0.432 e. The van der Waals surface area contributed by atoms with Gasteiger partial charge < -0.3 is 4.74 Å². The summed E-state index contributed by atoms with van der Waals surface area (Å²) in [6, 6.07) is 3.58. The Hall–Kier alpha value is -1.52. The predicted molar refractivity (Wildman–Crippen MR) is 47.7 cm³/mol. The van der Waals surface area contributed by atoms with E-state index in [1.165, 1.54) is 12.1 Å². The Morgan fingerprint density at radius 1 is 1.47 bits per heavy atom. The molecule has 5 heteroatoms. The number of hydrogen-bond acceptors (Lipinski definition) is 2. The Bertz CT molecular complexity index is 364. The minimum absolute atomic E-state index is 0.106. The number of alkyl halides is 2. The van der Waals surface area contributed by atoms with Crippen LogP contribution in [0.4, 0.5) is 13.2 Å². The first kappa shape index (κ1) is 11.6. The molecule has 1 aromatic carbocycles. The van der Waals surface area contributed by atoms with E-state index in [4.69, 9.17) is 0 Å². The van der Waals surface area contributed by atoms with Crippen LogP contribution in [0.15, 0.2) is 18.2 Å². The molecule has 0 saturated heterocycles. The standard InChI is InChI=1S/C10H9F3O2/c1-2-7(14)6-4-3-5-8(9(6)11)15-10(12)13/h3-5,10H,2H2,1H3. The van der Waals surface area contributed by atoms with Crippen LogP contribution in [0, 0.1) is 5.82 Å². The summed E-state index contributed by atoms with van der Waals surface area (Å²) in [4.78, 5) is 11.2. The molecule has 0 bridgehead atoms. The predicted octanol–water partition coefficient (Wildman–Crippen LogP) is 3.02. The van der Waals surface area contributed by atoms with Gasteiger partial charge in [0.1, 0.15) is 0 Å². The molecule has 0 aliphatic heterocycles. The number of ether oxygens (including phenoxy) is 1. The summed E-state index contributed by atoms with van der Waals surface area (Å²) >= 11 is 0. The first-order valence-corrected chi connectivity index (χ1v) is 4.32. The molecule has 2 nitrogen and oxygen atoms in total. The van der Waals surface area contributed by atoms with Gasteiger partial charge in [-0.1, -0.05) is 13.0 Å². The largest absolute Gasteiger partial charge is 0.432 e. The van der Waals surface area contributed by atoms with Gasteiger partial charge in [0.2, 0.25) is 0 Å². The molecule has 0 saturated carbocycles. The van der Waals surface area contributed by atoms with E-state index < -0.39 is 24.0 Å². The minimum atomic E-state index is -3.11. The highest BCUT2D eigenvalue weighted by atomic mass is 19.3.